The Morgan fingerprint density at radius 3 is 2.88 bits per heavy atom. The fourth-order valence-electron chi connectivity index (χ4n) is 4.30. The van der Waals surface area contributed by atoms with Crippen LogP contribution in [0.1, 0.15) is 23.3 Å². The summed E-state index contributed by atoms with van der Waals surface area (Å²) in [6, 6.07) is 12.4. The van der Waals surface area contributed by atoms with Gasteiger partial charge in [-0.05, 0) is 43.2 Å². The monoisotopic (exact) mass is 478 g/mol. The SMILES string of the molecule is Cc1ccc(-c2csc3c(=O)[nH]c(N4CCC[C@H](C(=O)NCCc5cccs5)C4)nc23)cc1. The van der Waals surface area contributed by atoms with Crippen LogP contribution in [-0.4, -0.2) is 35.5 Å². The summed E-state index contributed by atoms with van der Waals surface area (Å²) >= 11 is 3.13. The molecule has 0 saturated carbocycles. The van der Waals surface area contributed by atoms with Crippen LogP contribution in [0.5, 0.6) is 0 Å². The third-order valence-electron chi connectivity index (χ3n) is 6.12. The second kappa shape index (κ2) is 9.49. The van der Waals surface area contributed by atoms with Crippen LogP contribution in [0.3, 0.4) is 0 Å². The second-order valence-electron chi connectivity index (χ2n) is 8.49. The van der Waals surface area contributed by atoms with Gasteiger partial charge in [-0.3, -0.25) is 14.6 Å². The minimum atomic E-state index is -0.124. The fourth-order valence-corrected chi connectivity index (χ4v) is 5.91. The molecular weight excluding hydrogens is 452 g/mol. The number of carbonyl (C=O) groups is 1. The largest absolute Gasteiger partial charge is 0.355 e. The molecule has 1 aromatic carbocycles. The summed E-state index contributed by atoms with van der Waals surface area (Å²) in [5, 5.41) is 7.14. The molecule has 3 aromatic heterocycles. The molecule has 170 valence electrons. The molecule has 5 rings (SSSR count). The van der Waals surface area contributed by atoms with Crippen molar-refractivity contribution in [1.82, 2.24) is 15.3 Å². The number of piperidine rings is 1. The van der Waals surface area contributed by atoms with Crippen LogP contribution in [0.4, 0.5) is 5.95 Å². The van der Waals surface area contributed by atoms with E-state index in [2.05, 4.69) is 52.9 Å². The molecule has 0 bridgehead atoms. The zero-order valence-electron chi connectivity index (χ0n) is 18.5. The van der Waals surface area contributed by atoms with Crippen molar-refractivity contribution in [1.29, 1.82) is 0 Å². The highest BCUT2D eigenvalue weighted by Gasteiger charge is 2.27. The summed E-state index contributed by atoms with van der Waals surface area (Å²) < 4.78 is 0.634. The Hall–Kier alpha value is -2.97. The van der Waals surface area contributed by atoms with Crippen LogP contribution >= 0.6 is 22.7 Å². The molecule has 0 aliphatic carbocycles. The first-order chi connectivity index (χ1) is 16.1. The van der Waals surface area contributed by atoms with Gasteiger partial charge in [-0.2, -0.15) is 0 Å². The van der Waals surface area contributed by atoms with E-state index in [0.29, 0.717) is 23.7 Å². The first-order valence-corrected chi connectivity index (χ1v) is 13.0. The van der Waals surface area contributed by atoms with Crippen molar-refractivity contribution >= 4 is 44.7 Å². The molecule has 6 nitrogen and oxygen atoms in total. The molecule has 1 aliphatic rings. The number of aromatic nitrogens is 2. The number of nitrogens with one attached hydrogen (secondary N) is 2. The molecule has 33 heavy (non-hydrogen) atoms. The zero-order valence-corrected chi connectivity index (χ0v) is 20.1. The number of rotatable bonds is 6. The van der Waals surface area contributed by atoms with Gasteiger partial charge < -0.3 is 10.2 Å². The summed E-state index contributed by atoms with van der Waals surface area (Å²) in [5.41, 5.74) is 3.82. The number of thiophene rings is 2. The number of H-pyrrole nitrogens is 1. The van der Waals surface area contributed by atoms with Gasteiger partial charge in [0.25, 0.3) is 5.56 Å². The number of aryl methyl sites for hydroxylation is 1. The van der Waals surface area contributed by atoms with Crippen LogP contribution in [0.25, 0.3) is 21.3 Å². The topological polar surface area (TPSA) is 78.1 Å². The molecule has 2 N–H and O–H groups in total. The highest BCUT2D eigenvalue weighted by Crippen LogP contribution is 2.32. The first kappa shape index (κ1) is 21.9. The zero-order chi connectivity index (χ0) is 22.8. The molecule has 1 aliphatic heterocycles. The van der Waals surface area contributed by atoms with Crippen molar-refractivity contribution in [2.45, 2.75) is 26.2 Å². The van der Waals surface area contributed by atoms with Gasteiger partial charge in [-0.25, -0.2) is 4.98 Å². The van der Waals surface area contributed by atoms with Crippen molar-refractivity contribution < 1.29 is 4.79 Å². The highest BCUT2D eigenvalue weighted by atomic mass is 32.1. The third-order valence-corrected chi connectivity index (χ3v) is 8.02. The van der Waals surface area contributed by atoms with E-state index >= 15 is 0 Å². The van der Waals surface area contributed by atoms with Crippen LogP contribution < -0.4 is 15.8 Å². The Morgan fingerprint density at radius 1 is 1.24 bits per heavy atom. The first-order valence-electron chi connectivity index (χ1n) is 11.2. The molecule has 4 heterocycles. The van der Waals surface area contributed by atoms with Gasteiger partial charge in [0.15, 0.2) is 0 Å². The average Bonchev–Trinajstić information content (AvgIpc) is 3.50. The summed E-state index contributed by atoms with van der Waals surface area (Å²) in [7, 11) is 0. The Balaban J connectivity index is 1.33. The van der Waals surface area contributed by atoms with Crippen molar-refractivity contribution in [2.75, 3.05) is 24.5 Å². The predicted molar refractivity (Wildman–Crippen MR) is 136 cm³/mol. The van der Waals surface area contributed by atoms with Crippen molar-refractivity contribution in [2.24, 2.45) is 5.92 Å². The number of aromatic amines is 1. The smallest absolute Gasteiger partial charge is 0.270 e. The Morgan fingerprint density at radius 2 is 2.09 bits per heavy atom. The molecule has 4 aromatic rings. The van der Waals surface area contributed by atoms with E-state index in [-0.39, 0.29) is 17.4 Å². The van der Waals surface area contributed by atoms with E-state index < -0.39 is 0 Å². The van der Waals surface area contributed by atoms with E-state index in [0.717, 1.165) is 42.5 Å². The van der Waals surface area contributed by atoms with Crippen LogP contribution in [-0.2, 0) is 11.2 Å². The Labute approximate surface area is 200 Å². The molecule has 1 saturated heterocycles. The summed E-state index contributed by atoms with van der Waals surface area (Å²) in [4.78, 5) is 36.7. The van der Waals surface area contributed by atoms with E-state index in [1.165, 1.54) is 21.8 Å². The second-order valence-corrected chi connectivity index (χ2v) is 10.4. The maximum absolute atomic E-state index is 12.8. The molecule has 8 heteroatoms. The van der Waals surface area contributed by atoms with Crippen LogP contribution in [0, 0.1) is 12.8 Å². The molecular formula is C25H26N4O2S2. The molecule has 0 radical (unpaired) electrons. The third kappa shape index (κ3) is 4.72. The van der Waals surface area contributed by atoms with Gasteiger partial charge in [-0.15, -0.1) is 22.7 Å². The van der Waals surface area contributed by atoms with Crippen LogP contribution in [0.15, 0.2) is 52.0 Å². The summed E-state index contributed by atoms with van der Waals surface area (Å²) in [5.74, 6) is 0.521. The molecule has 1 fully saturated rings. The number of anilines is 1. The van der Waals surface area contributed by atoms with Gasteiger partial charge in [0.05, 0.1) is 11.4 Å². The van der Waals surface area contributed by atoms with Gasteiger partial charge in [0.2, 0.25) is 11.9 Å². The Bertz CT molecular complexity index is 1310. The number of nitrogens with zero attached hydrogens (tertiary/aromatic N) is 2. The fraction of sp³-hybridized carbons (Fsp3) is 0.320. The molecule has 0 unspecified atom stereocenters. The van der Waals surface area contributed by atoms with Gasteiger partial charge >= 0.3 is 0 Å². The van der Waals surface area contributed by atoms with Crippen LogP contribution in [0.2, 0.25) is 0 Å². The van der Waals surface area contributed by atoms with Crippen molar-refractivity contribution in [3.8, 4) is 11.1 Å². The maximum Gasteiger partial charge on any atom is 0.270 e. The highest BCUT2D eigenvalue weighted by molar-refractivity contribution is 7.17. The lowest BCUT2D eigenvalue weighted by atomic mass is 9.97. The standard InChI is InChI=1S/C25H26N4O2S2/c1-16-6-8-17(9-7-16)20-15-33-22-21(20)27-25(28-24(22)31)29-12-2-4-18(14-29)23(30)26-11-10-19-5-3-13-32-19/h3,5-9,13,15,18H,2,4,10-12,14H2,1H3,(H,26,30)(H,27,28,31)/t18-/m0/s1. The number of carbonyl (C=O) groups excluding carboxylic acids is 1. The number of amides is 1. The maximum atomic E-state index is 12.8. The lowest BCUT2D eigenvalue weighted by molar-refractivity contribution is -0.125. The minimum absolute atomic E-state index is 0.0792. The number of fused-ring (bicyclic) bond motifs is 1. The van der Waals surface area contributed by atoms with Crippen molar-refractivity contribution in [3.63, 3.8) is 0 Å². The lowest BCUT2D eigenvalue weighted by Gasteiger charge is -2.32. The quantitative estimate of drug-likeness (QED) is 0.425. The van der Waals surface area contributed by atoms with E-state index in [9.17, 15) is 9.59 Å². The van der Waals surface area contributed by atoms with E-state index in [4.69, 9.17) is 4.98 Å². The minimum Gasteiger partial charge on any atom is -0.355 e. The normalized spacial score (nSPS) is 16.3. The molecule has 1 amide bonds. The van der Waals surface area contributed by atoms with Crippen molar-refractivity contribution in [3.05, 3.63) is 68.0 Å². The summed E-state index contributed by atoms with van der Waals surface area (Å²) in [6.07, 6.45) is 2.59. The Kier molecular flexibility index (Phi) is 6.28. The number of hydrogen-bond acceptors (Lipinski definition) is 6. The van der Waals surface area contributed by atoms with Gasteiger partial charge in [0.1, 0.15) is 4.70 Å². The lowest BCUT2D eigenvalue weighted by Crippen LogP contribution is -2.44. The van der Waals surface area contributed by atoms with Gasteiger partial charge in [0, 0.05) is 35.5 Å². The number of benzene rings is 1. The van der Waals surface area contributed by atoms with E-state index in [1.807, 2.05) is 16.3 Å². The average molecular weight is 479 g/mol. The molecule has 0 spiro atoms. The van der Waals surface area contributed by atoms with Gasteiger partial charge in [-0.1, -0.05) is 35.9 Å². The summed E-state index contributed by atoms with van der Waals surface area (Å²) in [6.45, 7) is 4.04. The van der Waals surface area contributed by atoms with E-state index in [1.54, 1.807) is 11.3 Å². The molecule has 1 atom stereocenters. The predicted octanol–water partition coefficient (Wildman–Crippen LogP) is 4.60. The number of hydrogen-bond donors (Lipinski definition) is 2.